The molecule has 3 rings (SSSR count). The summed E-state index contributed by atoms with van der Waals surface area (Å²) in [4.78, 5) is 29.8. The molecule has 0 spiro atoms. The van der Waals surface area contributed by atoms with E-state index in [1.807, 2.05) is 25.1 Å². The van der Waals surface area contributed by atoms with Crippen molar-refractivity contribution in [2.24, 2.45) is 10.9 Å². The number of benzene rings is 1. The van der Waals surface area contributed by atoms with Gasteiger partial charge in [0.2, 0.25) is 0 Å². The van der Waals surface area contributed by atoms with Gasteiger partial charge in [0.15, 0.2) is 4.80 Å². The number of ether oxygens (including phenoxy) is 2. The molecule has 1 fully saturated rings. The quantitative estimate of drug-likeness (QED) is 0.706. The van der Waals surface area contributed by atoms with Crippen molar-refractivity contribution in [2.45, 2.75) is 52.5 Å². The van der Waals surface area contributed by atoms with E-state index in [1.165, 1.54) is 17.8 Å². The number of aromatic nitrogens is 1. The molecular formula is C20H26N2O4S. The van der Waals surface area contributed by atoms with E-state index in [2.05, 4.69) is 4.99 Å². The third-order valence-electron chi connectivity index (χ3n) is 4.72. The number of fused-ring (bicyclic) bond motifs is 1. The molecule has 1 amide bonds. The highest BCUT2D eigenvalue weighted by Gasteiger charge is 2.22. The molecule has 1 saturated carbocycles. The van der Waals surface area contributed by atoms with Crippen LogP contribution in [0.15, 0.2) is 23.2 Å². The first kappa shape index (κ1) is 19.6. The Kier molecular flexibility index (Phi) is 6.66. The van der Waals surface area contributed by atoms with Crippen LogP contribution in [0.3, 0.4) is 0 Å². The van der Waals surface area contributed by atoms with E-state index in [4.69, 9.17) is 9.47 Å². The summed E-state index contributed by atoms with van der Waals surface area (Å²) in [7, 11) is 0. The summed E-state index contributed by atoms with van der Waals surface area (Å²) in [6.07, 6.45) is 5.14. The Hall–Kier alpha value is -2.15. The summed E-state index contributed by atoms with van der Waals surface area (Å²) >= 11 is 1.40. The third-order valence-corrected chi connectivity index (χ3v) is 5.76. The predicted molar refractivity (Wildman–Crippen MR) is 105 cm³/mol. The zero-order valence-electron chi connectivity index (χ0n) is 15.9. The van der Waals surface area contributed by atoms with Gasteiger partial charge in [-0.05, 0) is 38.8 Å². The lowest BCUT2D eigenvalue weighted by atomic mass is 9.89. The smallest absolute Gasteiger partial charge is 0.326 e. The highest BCUT2D eigenvalue weighted by molar-refractivity contribution is 7.16. The average molecular weight is 391 g/mol. The molecule has 6 nitrogen and oxygen atoms in total. The van der Waals surface area contributed by atoms with Gasteiger partial charge in [0.1, 0.15) is 17.8 Å². The van der Waals surface area contributed by atoms with Crippen LogP contribution in [0.5, 0.6) is 5.75 Å². The standard InChI is InChI=1S/C20H26N2O4S/c1-3-25-15-11-8-12-16-18(15)22(13-17(23)26-4-2)20(27-16)21-19(24)14-9-6-5-7-10-14/h8,11-12,14H,3-7,9-10,13H2,1-2H3. The summed E-state index contributed by atoms with van der Waals surface area (Å²) in [6, 6.07) is 5.73. The van der Waals surface area contributed by atoms with Crippen molar-refractivity contribution in [3.8, 4) is 5.75 Å². The molecule has 0 bridgehead atoms. The Balaban J connectivity index is 2.07. The van der Waals surface area contributed by atoms with Crippen LogP contribution in [0.2, 0.25) is 0 Å². The van der Waals surface area contributed by atoms with E-state index in [1.54, 1.807) is 11.5 Å². The summed E-state index contributed by atoms with van der Waals surface area (Å²) in [5.74, 6) is 0.236. The molecule has 0 atom stereocenters. The van der Waals surface area contributed by atoms with E-state index in [0.29, 0.717) is 23.8 Å². The van der Waals surface area contributed by atoms with Gasteiger partial charge in [-0.1, -0.05) is 36.7 Å². The molecule has 146 valence electrons. The molecule has 2 aromatic rings. The molecule has 7 heteroatoms. The van der Waals surface area contributed by atoms with Gasteiger partial charge in [0, 0.05) is 5.92 Å². The lowest BCUT2D eigenvalue weighted by Gasteiger charge is -2.17. The summed E-state index contributed by atoms with van der Waals surface area (Å²) in [5.41, 5.74) is 0.785. The number of nitrogens with zero attached hydrogens (tertiary/aromatic N) is 2. The highest BCUT2D eigenvalue weighted by Crippen LogP contribution is 2.28. The Morgan fingerprint density at radius 2 is 1.96 bits per heavy atom. The normalized spacial score (nSPS) is 15.9. The van der Waals surface area contributed by atoms with Crippen molar-refractivity contribution >= 4 is 33.4 Å². The van der Waals surface area contributed by atoms with E-state index < -0.39 is 0 Å². The van der Waals surface area contributed by atoms with Crippen LogP contribution < -0.4 is 9.54 Å². The van der Waals surface area contributed by atoms with Gasteiger partial charge in [-0.3, -0.25) is 9.59 Å². The largest absolute Gasteiger partial charge is 0.492 e. The van der Waals surface area contributed by atoms with Crippen molar-refractivity contribution in [2.75, 3.05) is 13.2 Å². The van der Waals surface area contributed by atoms with E-state index in [-0.39, 0.29) is 24.3 Å². The van der Waals surface area contributed by atoms with Crippen molar-refractivity contribution in [1.82, 2.24) is 4.57 Å². The zero-order chi connectivity index (χ0) is 19.2. The third kappa shape index (κ3) is 4.58. The maximum Gasteiger partial charge on any atom is 0.326 e. The summed E-state index contributed by atoms with van der Waals surface area (Å²) in [6.45, 7) is 4.53. The number of amides is 1. The van der Waals surface area contributed by atoms with Crippen molar-refractivity contribution in [1.29, 1.82) is 0 Å². The molecular weight excluding hydrogens is 364 g/mol. The molecule has 0 aliphatic heterocycles. The number of thiazole rings is 1. The SMILES string of the molecule is CCOC(=O)Cn1c(=NC(=O)C2CCCCC2)sc2cccc(OCC)c21. The number of para-hydroxylation sites is 1. The molecule has 1 aromatic heterocycles. The van der Waals surface area contributed by atoms with Crippen LogP contribution in [0, 0.1) is 5.92 Å². The van der Waals surface area contributed by atoms with E-state index in [0.717, 1.165) is 35.9 Å². The lowest BCUT2D eigenvalue weighted by molar-refractivity contribution is -0.143. The van der Waals surface area contributed by atoms with Gasteiger partial charge in [-0.2, -0.15) is 4.99 Å². The molecule has 27 heavy (non-hydrogen) atoms. The van der Waals surface area contributed by atoms with Crippen LogP contribution in [0.25, 0.3) is 10.2 Å². The van der Waals surface area contributed by atoms with E-state index >= 15 is 0 Å². The van der Waals surface area contributed by atoms with Crippen molar-refractivity contribution in [3.05, 3.63) is 23.0 Å². The van der Waals surface area contributed by atoms with Gasteiger partial charge in [0.25, 0.3) is 5.91 Å². The number of carbonyl (C=O) groups excluding carboxylic acids is 2. The van der Waals surface area contributed by atoms with Crippen LogP contribution >= 0.6 is 11.3 Å². The zero-order valence-corrected chi connectivity index (χ0v) is 16.7. The molecule has 0 unspecified atom stereocenters. The minimum Gasteiger partial charge on any atom is -0.492 e. The number of rotatable bonds is 6. The van der Waals surface area contributed by atoms with Gasteiger partial charge >= 0.3 is 5.97 Å². The molecule has 1 aliphatic carbocycles. The fourth-order valence-corrected chi connectivity index (χ4v) is 4.52. The van der Waals surface area contributed by atoms with Crippen molar-refractivity contribution < 1.29 is 19.1 Å². The molecule has 1 heterocycles. The highest BCUT2D eigenvalue weighted by atomic mass is 32.1. The number of hydrogen-bond donors (Lipinski definition) is 0. The molecule has 1 aromatic carbocycles. The van der Waals surface area contributed by atoms with Gasteiger partial charge in [-0.15, -0.1) is 0 Å². The number of carbonyl (C=O) groups is 2. The molecule has 0 N–H and O–H groups in total. The lowest BCUT2D eigenvalue weighted by Crippen LogP contribution is -2.25. The first-order valence-corrected chi connectivity index (χ1v) is 10.4. The van der Waals surface area contributed by atoms with Gasteiger partial charge in [0.05, 0.1) is 17.9 Å². The Labute approximate surface area is 162 Å². The van der Waals surface area contributed by atoms with Crippen LogP contribution in [0.4, 0.5) is 0 Å². The van der Waals surface area contributed by atoms with Gasteiger partial charge in [-0.25, -0.2) is 0 Å². The Morgan fingerprint density at radius 3 is 2.67 bits per heavy atom. The number of esters is 1. The van der Waals surface area contributed by atoms with E-state index in [9.17, 15) is 9.59 Å². The maximum absolute atomic E-state index is 12.7. The Bertz CT molecular complexity index is 878. The molecule has 0 saturated heterocycles. The predicted octanol–water partition coefficient (Wildman–Crippen LogP) is 3.67. The number of hydrogen-bond acceptors (Lipinski definition) is 5. The topological polar surface area (TPSA) is 69.9 Å². The van der Waals surface area contributed by atoms with Crippen LogP contribution in [0.1, 0.15) is 46.0 Å². The minimum atomic E-state index is -0.352. The van der Waals surface area contributed by atoms with Gasteiger partial charge < -0.3 is 14.0 Å². The summed E-state index contributed by atoms with van der Waals surface area (Å²) < 4.78 is 13.5. The summed E-state index contributed by atoms with van der Waals surface area (Å²) in [5, 5.41) is 0. The monoisotopic (exact) mass is 390 g/mol. The second-order valence-electron chi connectivity index (χ2n) is 6.60. The van der Waals surface area contributed by atoms with Crippen molar-refractivity contribution in [3.63, 3.8) is 0 Å². The maximum atomic E-state index is 12.7. The second kappa shape index (κ2) is 9.17. The fraction of sp³-hybridized carbons (Fsp3) is 0.550. The first-order valence-electron chi connectivity index (χ1n) is 9.63. The van der Waals surface area contributed by atoms with Crippen LogP contribution in [-0.4, -0.2) is 29.7 Å². The molecule has 0 radical (unpaired) electrons. The Morgan fingerprint density at radius 1 is 1.19 bits per heavy atom. The fourth-order valence-electron chi connectivity index (χ4n) is 3.47. The molecule has 1 aliphatic rings. The van der Waals surface area contributed by atoms with Crippen LogP contribution in [-0.2, 0) is 20.9 Å². The average Bonchev–Trinajstić information content (AvgIpc) is 3.01. The first-order chi connectivity index (χ1) is 13.1. The minimum absolute atomic E-state index is 0.00799. The second-order valence-corrected chi connectivity index (χ2v) is 7.61.